The van der Waals surface area contributed by atoms with Gasteiger partial charge in [-0.25, -0.2) is 0 Å². The number of nitrogens with two attached hydrogens (primary N) is 1. The van der Waals surface area contributed by atoms with E-state index in [0.717, 1.165) is 88.0 Å². The molecule has 5 aliphatic rings. The first-order valence-electron chi connectivity index (χ1n) is 9.87. The van der Waals surface area contributed by atoms with Gasteiger partial charge in [-0.1, -0.05) is 11.6 Å². The van der Waals surface area contributed by atoms with Gasteiger partial charge in [-0.2, -0.15) is 0 Å². The van der Waals surface area contributed by atoms with Gasteiger partial charge in [0.15, 0.2) is 0 Å². The van der Waals surface area contributed by atoms with E-state index in [1.807, 2.05) is 11.0 Å². The van der Waals surface area contributed by atoms with Crippen LogP contribution in [0.15, 0.2) is 6.07 Å². The van der Waals surface area contributed by atoms with Gasteiger partial charge in [-0.05, 0) is 56.9 Å². The molecule has 1 aromatic carbocycles. The van der Waals surface area contributed by atoms with Crippen LogP contribution < -0.4 is 15.4 Å². The Bertz CT molecular complexity index is 731. The number of fused-ring (bicyclic) bond motifs is 7. The molecule has 1 amide bonds. The average molecular weight is 376 g/mol. The van der Waals surface area contributed by atoms with Gasteiger partial charge in [0.1, 0.15) is 5.75 Å². The number of nitrogen functional groups attached to an aromatic ring is 1. The molecule has 4 heterocycles. The molecule has 4 bridgehead atoms. The smallest absolute Gasteiger partial charge is 0.214 e. The second-order valence-corrected chi connectivity index (χ2v) is 8.84. The Morgan fingerprint density at radius 1 is 1.27 bits per heavy atom. The van der Waals surface area contributed by atoms with E-state index in [-0.39, 0.29) is 11.6 Å². The number of ether oxygens (including phenoxy) is 1. The van der Waals surface area contributed by atoms with E-state index in [1.54, 1.807) is 0 Å². The van der Waals surface area contributed by atoms with Crippen molar-refractivity contribution in [3.05, 3.63) is 16.7 Å². The van der Waals surface area contributed by atoms with Gasteiger partial charge in [0.25, 0.3) is 0 Å². The van der Waals surface area contributed by atoms with E-state index in [0.29, 0.717) is 16.6 Å². The first kappa shape index (κ1) is 16.7. The molecule has 0 radical (unpaired) electrons. The summed E-state index contributed by atoms with van der Waals surface area (Å²) in [6, 6.07) is 1.86. The lowest BCUT2D eigenvalue weighted by Crippen LogP contribution is -2.61. The van der Waals surface area contributed by atoms with E-state index in [1.165, 1.54) is 0 Å². The molecular formula is C20H26ClN3O2. The van der Waals surface area contributed by atoms with E-state index >= 15 is 0 Å². The van der Waals surface area contributed by atoms with E-state index in [4.69, 9.17) is 22.1 Å². The number of carbonyl (C=O) groups is 1. The second kappa shape index (κ2) is 6.03. The van der Waals surface area contributed by atoms with Crippen molar-refractivity contribution >= 4 is 29.4 Å². The largest absolute Gasteiger partial charge is 0.488 e. The van der Waals surface area contributed by atoms with Crippen LogP contribution in [0.5, 0.6) is 5.75 Å². The molecule has 4 fully saturated rings. The van der Waals surface area contributed by atoms with E-state index in [9.17, 15) is 4.79 Å². The zero-order valence-electron chi connectivity index (χ0n) is 15.0. The number of piperidine rings is 3. The molecule has 6 heteroatoms. The summed E-state index contributed by atoms with van der Waals surface area (Å²) in [5.74, 6) is 1.22. The summed E-state index contributed by atoms with van der Waals surface area (Å²) in [5, 5.41) is 0.544. The quantitative estimate of drug-likeness (QED) is 0.648. The normalized spacial score (nSPS) is 34.7. The molecule has 0 spiro atoms. The van der Waals surface area contributed by atoms with Crippen LogP contribution in [0.25, 0.3) is 0 Å². The maximum Gasteiger partial charge on any atom is 0.214 e. The number of amides is 1. The highest BCUT2D eigenvalue weighted by atomic mass is 35.5. The predicted molar refractivity (Wildman–Crippen MR) is 103 cm³/mol. The lowest BCUT2D eigenvalue weighted by atomic mass is 9.77. The molecule has 26 heavy (non-hydrogen) atoms. The fraction of sp³-hybridized carbons (Fsp3) is 0.650. The molecule has 140 valence electrons. The highest BCUT2D eigenvalue weighted by Gasteiger charge is 2.46. The van der Waals surface area contributed by atoms with Gasteiger partial charge >= 0.3 is 0 Å². The third-order valence-corrected chi connectivity index (χ3v) is 7.48. The van der Waals surface area contributed by atoms with Crippen LogP contribution in [0.4, 0.5) is 11.4 Å². The van der Waals surface area contributed by atoms with Crippen molar-refractivity contribution in [2.24, 2.45) is 0 Å². The van der Waals surface area contributed by atoms with Crippen LogP contribution in [-0.4, -0.2) is 42.6 Å². The summed E-state index contributed by atoms with van der Waals surface area (Å²) < 4.78 is 6.40. The second-order valence-electron chi connectivity index (χ2n) is 8.43. The first-order chi connectivity index (χ1) is 12.6. The van der Waals surface area contributed by atoms with Crippen molar-refractivity contribution < 1.29 is 9.53 Å². The van der Waals surface area contributed by atoms with Gasteiger partial charge in [0.05, 0.1) is 28.0 Å². The lowest BCUT2D eigenvalue weighted by Gasteiger charge is -2.53. The molecular weight excluding hydrogens is 350 g/mol. The van der Waals surface area contributed by atoms with Crippen LogP contribution in [0.3, 0.4) is 0 Å². The summed E-state index contributed by atoms with van der Waals surface area (Å²) in [5.41, 5.74) is 8.78. The van der Waals surface area contributed by atoms with Crippen molar-refractivity contribution in [1.82, 2.24) is 4.90 Å². The fourth-order valence-corrected chi connectivity index (χ4v) is 5.84. The molecule has 1 saturated carbocycles. The number of hydrogen-bond acceptors (Lipinski definition) is 4. The van der Waals surface area contributed by atoms with E-state index in [2.05, 4.69) is 4.90 Å². The first-order valence-corrected chi connectivity index (χ1v) is 10.2. The van der Waals surface area contributed by atoms with Gasteiger partial charge in [-0.15, -0.1) is 0 Å². The number of benzene rings is 1. The van der Waals surface area contributed by atoms with Crippen LogP contribution >= 0.6 is 11.6 Å². The summed E-state index contributed by atoms with van der Waals surface area (Å²) in [6.45, 7) is 3.17. The summed E-state index contributed by atoms with van der Waals surface area (Å²) >= 11 is 6.53. The zero-order chi connectivity index (χ0) is 17.9. The number of anilines is 2. The minimum atomic E-state index is -0.111. The Morgan fingerprint density at radius 2 is 2.00 bits per heavy atom. The van der Waals surface area contributed by atoms with Gasteiger partial charge in [-0.3, -0.25) is 4.79 Å². The summed E-state index contributed by atoms with van der Waals surface area (Å²) in [7, 11) is 0. The Kier molecular flexibility index (Phi) is 3.87. The molecule has 4 aliphatic heterocycles. The number of carbonyl (C=O) groups excluding carboxylic acids is 1. The van der Waals surface area contributed by atoms with Crippen molar-refractivity contribution in [3.63, 3.8) is 0 Å². The zero-order valence-corrected chi connectivity index (χ0v) is 15.8. The molecule has 2 N–H and O–H groups in total. The Morgan fingerprint density at radius 3 is 2.69 bits per heavy atom. The standard InChI is InChI=1S/C20H26ClN3O2/c21-15-11-16(24(12-25)20-4-7-23(8-5-20)9-6-20)19-17(18(15)22)13-2-1-3-14(10-13)26-19/h11-14H,1-10,22H2. The third-order valence-electron chi connectivity index (χ3n) is 7.16. The molecule has 5 nitrogen and oxygen atoms in total. The van der Waals surface area contributed by atoms with Gasteiger partial charge < -0.3 is 20.3 Å². The molecule has 2 unspecified atom stereocenters. The Balaban J connectivity index is 1.64. The third kappa shape index (κ3) is 2.36. The van der Waals surface area contributed by atoms with Crippen molar-refractivity contribution in [2.75, 3.05) is 30.3 Å². The van der Waals surface area contributed by atoms with E-state index < -0.39 is 0 Å². The number of hydrogen-bond donors (Lipinski definition) is 1. The van der Waals surface area contributed by atoms with Crippen molar-refractivity contribution in [3.8, 4) is 5.75 Å². The number of halogens is 1. The van der Waals surface area contributed by atoms with Crippen LogP contribution in [0.1, 0.15) is 56.4 Å². The number of rotatable bonds is 3. The van der Waals surface area contributed by atoms with Crippen LogP contribution in [-0.2, 0) is 4.79 Å². The highest BCUT2D eigenvalue weighted by Crippen LogP contribution is 2.54. The maximum atomic E-state index is 12.3. The SMILES string of the molecule is Nc1c(Cl)cc(N(C=O)C23CCN(CC2)CC3)c2c1C1CCCC(C1)O2. The molecule has 0 aromatic heterocycles. The highest BCUT2D eigenvalue weighted by molar-refractivity contribution is 6.33. The Labute approximate surface area is 159 Å². The molecule has 1 aliphatic carbocycles. The molecule has 6 rings (SSSR count). The summed E-state index contributed by atoms with van der Waals surface area (Å²) in [6.07, 6.45) is 8.64. The van der Waals surface area contributed by atoms with Crippen molar-refractivity contribution in [1.29, 1.82) is 0 Å². The molecule has 1 aromatic rings. The molecule has 3 saturated heterocycles. The fourth-order valence-electron chi connectivity index (χ4n) is 5.64. The van der Waals surface area contributed by atoms with Crippen LogP contribution in [0.2, 0.25) is 5.02 Å². The topological polar surface area (TPSA) is 58.8 Å². The maximum absolute atomic E-state index is 12.3. The van der Waals surface area contributed by atoms with Crippen LogP contribution in [0, 0.1) is 0 Å². The predicted octanol–water partition coefficient (Wildman–Crippen LogP) is 3.54. The average Bonchev–Trinajstić information content (AvgIpc) is 2.67. The van der Waals surface area contributed by atoms with Gasteiger partial charge in [0.2, 0.25) is 6.41 Å². The summed E-state index contributed by atoms with van der Waals surface area (Å²) in [4.78, 5) is 16.7. The lowest BCUT2D eigenvalue weighted by molar-refractivity contribution is -0.109. The Hall–Kier alpha value is -1.46. The minimum absolute atomic E-state index is 0.111. The van der Waals surface area contributed by atoms with Crippen molar-refractivity contribution in [2.45, 2.75) is 62.5 Å². The number of nitrogens with zero attached hydrogens (tertiary/aromatic N) is 2. The minimum Gasteiger partial charge on any atom is -0.488 e. The van der Waals surface area contributed by atoms with Gasteiger partial charge in [0, 0.05) is 25.2 Å². The molecule has 2 atom stereocenters. The monoisotopic (exact) mass is 375 g/mol.